The van der Waals surface area contributed by atoms with Crippen LogP contribution in [0.15, 0.2) is 18.2 Å². The van der Waals surface area contributed by atoms with Gasteiger partial charge in [-0.3, -0.25) is 4.79 Å². The summed E-state index contributed by atoms with van der Waals surface area (Å²) < 4.78 is 10.6. The largest absolute Gasteiger partial charge is 0.454 e. The average molecular weight is 303 g/mol. The molecule has 6 nitrogen and oxygen atoms in total. The van der Waals surface area contributed by atoms with E-state index in [9.17, 15) is 4.79 Å². The van der Waals surface area contributed by atoms with Crippen LogP contribution in [0.3, 0.4) is 0 Å². The summed E-state index contributed by atoms with van der Waals surface area (Å²) in [6.07, 6.45) is 1.92. The van der Waals surface area contributed by atoms with Gasteiger partial charge < -0.3 is 20.5 Å². The Morgan fingerprint density at radius 1 is 1.33 bits per heavy atom. The Morgan fingerprint density at radius 3 is 2.95 bits per heavy atom. The van der Waals surface area contributed by atoms with Gasteiger partial charge in [0, 0.05) is 11.5 Å². The van der Waals surface area contributed by atoms with Crippen LogP contribution in [-0.4, -0.2) is 17.7 Å². The molecule has 108 valence electrons. The van der Waals surface area contributed by atoms with E-state index < -0.39 is 0 Å². The highest BCUT2D eigenvalue weighted by atomic mass is 32.1. The van der Waals surface area contributed by atoms with Crippen molar-refractivity contribution in [3.8, 4) is 22.8 Å². The van der Waals surface area contributed by atoms with Crippen LogP contribution in [0.1, 0.15) is 12.8 Å². The molecular formula is C14H13N3O3S. The lowest BCUT2D eigenvalue weighted by Crippen LogP contribution is -2.12. The van der Waals surface area contributed by atoms with Gasteiger partial charge in [-0.2, -0.15) is 0 Å². The molecule has 21 heavy (non-hydrogen) atoms. The first-order chi connectivity index (χ1) is 10.2. The number of amides is 1. The quantitative estimate of drug-likeness (QED) is 0.909. The molecule has 1 amide bonds. The van der Waals surface area contributed by atoms with Crippen LogP contribution >= 0.6 is 11.3 Å². The van der Waals surface area contributed by atoms with Crippen molar-refractivity contribution in [3.05, 3.63) is 18.2 Å². The summed E-state index contributed by atoms with van der Waals surface area (Å²) in [4.78, 5) is 16.2. The number of hydrogen-bond donors (Lipinski definition) is 2. The lowest BCUT2D eigenvalue weighted by atomic mass is 10.1. The molecular weight excluding hydrogens is 290 g/mol. The molecule has 1 aromatic carbocycles. The highest BCUT2D eigenvalue weighted by molar-refractivity contribution is 7.20. The zero-order chi connectivity index (χ0) is 14.4. The molecule has 0 spiro atoms. The number of fused-ring (bicyclic) bond motifs is 1. The molecule has 1 aliphatic carbocycles. The third-order valence-electron chi connectivity index (χ3n) is 3.48. The van der Waals surface area contributed by atoms with E-state index in [1.54, 1.807) is 0 Å². The molecule has 1 fully saturated rings. The molecule has 2 heterocycles. The molecule has 0 radical (unpaired) electrons. The fourth-order valence-electron chi connectivity index (χ4n) is 2.19. The maximum atomic E-state index is 11.8. The third kappa shape index (κ3) is 2.29. The zero-order valence-corrected chi connectivity index (χ0v) is 11.9. The molecule has 7 heteroatoms. The van der Waals surface area contributed by atoms with Crippen molar-refractivity contribution >= 4 is 27.4 Å². The summed E-state index contributed by atoms with van der Waals surface area (Å²) >= 11 is 1.28. The van der Waals surface area contributed by atoms with Crippen LogP contribution in [-0.2, 0) is 4.79 Å². The van der Waals surface area contributed by atoms with Crippen molar-refractivity contribution < 1.29 is 14.3 Å². The number of anilines is 2. The van der Waals surface area contributed by atoms with Gasteiger partial charge in [0.25, 0.3) is 0 Å². The van der Waals surface area contributed by atoms with Gasteiger partial charge in [0.2, 0.25) is 12.7 Å². The Hall–Kier alpha value is -2.28. The van der Waals surface area contributed by atoms with E-state index >= 15 is 0 Å². The van der Waals surface area contributed by atoms with Crippen LogP contribution in [0, 0.1) is 5.92 Å². The van der Waals surface area contributed by atoms with E-state index in [-0.39, 0.29) is 18.6 Å². The van der Waals surface area contributed by atoms with Crippen molar-refractivity contribution in [1.82, 2.24) is 4.98 Å². The molecule has 1 aromatic heterocycles. The van der Waals surface area contributed by atoms with Crippen LogP contribution in [0.25, 0.3) is 11.3 Å². The topological polar surface area (TPSA) is 86.5 Å². The minimum absolute atomic E-state index is 0.0287. The summed E-state index contributed by atoms with van der Waals surface area (Å²) in [5, 5.41) is 3.93. The molecule has 4 rings (SSSR count). The van der Waals surface area contributed by atoms with Gasteiger partial charge in [0.1, 0.15) is 10.7 Å². The monoisotopic (exact) mass is 303 g/mol. The van der Waals surface area contributed by atoms with E-state index in [1.165, 1.54) is 11.3 Å². The van der Waals surface area contributed by atoms with Crippen LogP contribution < -0.4 is 20.5 Å². The number of aromatic nitrogens is 1. The van der Waals surface area contributed by atoms with Crippen molar-refractivity contribution in [2.75, 3.05) is 17.8 Å². The number of carbonyl (C=O) groups excluding carboxylic acids is 1. The Labute approximate surface area is 124 Å². The summed E-state index contributed by atoms with van der Waals surface area (Å²) in [5.41, 5.74) is 7.52. The maximum Gasteiger partial charge on any atom is 0.231 e. The number of nitrogens with one attached hydrogen (secondary N) is 1. The van der Waals surface area contributed by atoms with E-state index in [0.717, 1.165) is 24.2 Å². The molecule has 2 aliphatic rings. The second-order valence-corrected chi connectivity index (χ2v) is 6.09. The van der Waals surface area contributed by atoms with E-state index in [2.05, 4.69) is 10.3 Å². The van der Waals surface area contributed by atoms with Gasteiger partial charge in [-0.1, -0.05) is 11.3 Å². The predicted octanol–water partition coefficient (Wildman–Crippen LogP) is 2.47. The molecule has 2 aromatic rings. The van der Waals surface area contributed by atoms with Gasteiger partial charge in [0.15, 0.2) is 16.6 Å². The summed E-state index contributed by atoms with van der Waals surface area (Å²) in [7, 11) is 0. The summed E-state index contributed by atoms with van der Waals surface area (Å²) in [5.74, 6) is 1.57. The zero-order valence-electron chi connectivity index (χ0n) is 11.1. The Bertz CT molecular complexity index is 724. The molecule has 1 aliphatic heterocycles. The fraction of sp³-hybridized carbons (Fsp3) is 0.286. The fourth-order valence-corrected chi connectivity index (χ4v) is 2.95. The minimum Gasteiger partial charge on any atom is -0.454 e. The lowest BCUT2D eigenvalue weighted by Gasteiger charge is -2.01. The van der Waals surface area contributed by atoms with Crippen LogP contribution in [0.5, 0.6) is 11.5 Å². The Morgan fingerprint density at radius 2 is 2.14 bits per heavy atom. The summed E-state index contributed by atoms with van der Waals surface area (Å²) in [6.45, 7) is 0.230. The smallest absolute Gasteiger partial charge is 0.231 e. The molecule has 0 saturated heterocycles. The van der Waals surface area contributed by atoms with E-state index in [1.807, 2.05) is 18.2 Å². The predicted molar refractivity (Wildman–Crippen MR) is 79.4 cm³/mol. The Kier molecular flexibility index (Phi) is 2.75. The van der Waals surface area contributed by atoms with Gasteiger partial charge >= 0.3 is 0 Å². The summed E-state index contributed by atoms with van der Waals surface area (Å²) in [6, 6.07) is 5.56. The van der Waals surface area contributed by atoms with Gasteiger partial charge in [-0.05, 0) is 31.0 Å². The number of hydrogen-bond acceptors (Lipinski definition) is 6. The second kappa shape index (κ2) is 4.63. The number of rotatable bonds is 3. The SMILES string of the molecule is Nc1sc(NC(=O)C2CC2)nc1-c1ccc2c(c1)OCO2. The number of benzene rings is 1. The maximum absolute atomic E-state index is 11.8. The third-order valence-corrected chi connectivity index (χ3v) is 4.28. The van der Waals surface area contributed by atoms with Crippen molar-refractivity contribution in [1.29, 1.82) is 0 Å². The van der Waals surface area contributed by atoms with Gasteiger partial charge in [0.05, 0.1) is 0 Å². The molecule has 3 N–H and O–H groups in total. The average Bonchev–Trinajstić information content (AvgIpc) is 3.12. The number of thiazole rings is 1. The molecule has 0 unspecified atom stereocenters. The molecule has 0 atom stereocenters. The first kappa shape index (κ1) is 12.5. The molecule has 1 saturated carbocycles. The minimum atomic E-state index is 0.0287. The second-order valence-electron chi connectivity index (χ2n) is 5.06. The Balaban J connectivity index is 1.62. The van der Waals surface area contributed by atoms with Crippen molar-refractivity contribution in [2.45, 2.75) is 12.8 Å². The molecule has 0 bridgehead atoms. The van der Waals surface area contributed by atoms with E-state index in [4.69, 9.17) is 15.2 Å². The number of carbonyl (C=O) groups is 1. The number of nitrogen functional groups attached to an aromatic ring is 1. The highest BCUT2D eigenvalue weighted by Gasteiger charge is 2.30. The first-order valence-electron chi connectivity index (χ1n) is 6.68. The lowest BCUT2D eigenvalue weighted by molar-refractivity contribution is -0.117. The van der Waals surface area contributed by atoms with Crippen LogP contribution in [0.2, 0.25) is 0 Å². The van der Waals surface area contributed by atoms with E-state index in [0.29, 0.717) is 21.6 Å². The van der Waals surface area contributed by atoms with Gasteiger partial charge in [-0.25, -0.2) is 4.98 Å². The normalized spacial score (nSPS) is 16.0. The number of ether oxygens (including phenoxy) is 2. The number of nitrogens with two attached hydrogens (primary N) is 1. The first-order valence-corrected chi connectivity index (χ1v) is 7.49. The van der Waals surface area contributed by atoms with Crippen LogP contribution in [0.4, 0.5) is 10.1 Å². The number of nitrogens with zero attached hydrogens (tertiary/aromatic N) is 1. The van der Waals surface area contributed by atoms with Crippen molar-refractivity contribution in [2.24, 2.45) is 5.92 Å². The highest BCUT2D eigenvalue weighted by Crippen LogP contribution is 2.40. The van der Waals surface area contributed by atoms with Gasteiger partial charge in [-0.15, -0.1) is 0 Å². The van der Waals surface area contributed by atoms with Crippen molar-refractivity contribution in [3.63, 3.8) is 0 Å². The standard InChI is InChI=1S/C14H13N3O3S/c15-12-11(8-3-4-9-10(5-8)20-6-19-9)16-14(21-12)17-13(18)7-1-2-7/h3-5,7H,1-2,6,15H2,(H,16,17,18).